The molecule has 0 aromatic rings. The Bertz CT molecular complexity index is 14.4. The molecule has 0 unspecified atom stereocenters. The standard InChI is InChI=1S/BClH2O2.Zn/c2-1(3)4;/h3-4H;. The van der Waals surface area contributed by atoms with Crippen molar-refractivity contribution in [3.05, 3.63) is 0 Å². The van der Waals surface area contributed by atoms with Crippen molar-refractivity contribution in [3.63, 3.8) is 0 Å². The van der Waals surface area contributed by atoms with Gasteiger partial charge in [0.2, 0.25) is 0 Å². The second kappa shape index (κ2) is 4.90. The largest absolute Gasteiger partial charge is 0.566 e. The molecule has 0 aliphatic rings. The van der Waals surface area contributed by atoms with E-state index in [9.17, 15) is 0 Å². The van der Waals surface area contributed by atoms with Crippen molar-refractivity contribution in [1.82, 2.24) is 0 Å². The minimum atomic E-state index is -1.69. The molecule has 0 aromatic heterocycles. The van der Waals surface area contributed by atoms with E-state index in [1.165, 1.54) is 0 Å². The van der Waals surface area contributed by atoms with Crippen LogP contribution in [0.5, 0.6) is 0 Å². The third-order valence-corrected chi connectivity index (χ3v) is 0. The molecule has 0 radical (unpaired) electrons. The summed E-state index contributed by atoms with van der Waals surface area (Å²) in [6, 6.07) is 0. The van der Waals surface area contributed by atoms with Crippen molar-refractivity contribution in [3.8, 4) is 0 Å². The van der Waals surface area contributed by atoms with Gasteiger partial charge in [0, 0.05) is 19.5 Å². The van der Waals surface area contributed by atoms with Crippen LogP contribution >= 0.6 is 11.5 Å². The number of hydrogen-bond donors (Lipinski definition) is 2. The first kappa shape index (κ1) is 9.31. The fourth-order valence-electron chi connectivity index (χ4n) is 0. The van der Waals surface area contributed by atoms with Gasteiger partial charge < -0.3 is 10.0 Å². The van der Waals surface area contributed by atoms with Gasteiger partial charge in [-0.1, -0.05) is 0 Å². The molecule has 0 amide bonds. The Morgan fingerprint density at radius 3 is 1.40 bits per heavy atom. The number of halogens is 1. The van der Waals surface area contributed by atoms with Crippen molar-refractivity contribution >= 4 is 18.0 Å². The van der Waals surface area contributed by atoms with Gasteiger partial charge in [-0.2, -0.15) is 0 Å². The van der Waals surface area contributed by atoms with Gasteiger partial charge in [-0.15, -0.1) is 11.5 Å². The van der Waals surface area contributed by atoms with E-state index >= 15 is 0 Å². The van der Waals surface area contributed by atoms with Crippen LogP contribution in [0, 0.1) is 0 Å². The van der Waals surface area contributed by atoms with Crippen LogP contribution in [0.4, 0.5) is 0 Å². The van der Waals surface area contributed by atoms with E-state index in [0.717, 1.165) is 0 Å². The van der Waals surface area contributed by atoms with E-state index in [-0.39, 0.29) is 19.5 Å². The summed E-state index contributed by atoms with van der Waals surface area (Å²) in [7, 11) is 0. The maximum absolute atomic E-state index is 7.38. The Balaban J connectivity index is 0. The quantitative estimate of drug-likeness (QED) is 0.438. The van der Waals surface area contributed by atoms with Crippen molar-refractivity contribution in [2.75, 3.05) is 0 Å². The van der Waals surface area contributed by atoms with E-state index < -0.39 is 6.53 Å². The molecule has 26 valence electrons. The van der Waals surface area contributed by atoms with Gasteiger partial charge in [0.05, 0.1) is 0 Å². The number of rotatable bonds is 0. The number of hydrogen-bond acceptors (Lipinski definition) is 2. The molecular formula is H2BClO2Zn. The molecule has 0 atom stereocenters. The van der Waals surface area contributed by atoms with Gasteiger partial charge in [-0.25, -0.2) is 0 Å². The van der Waals surface area contributed by atoms with Crippen LogP contribution in [-0.4, -0.2) is 16.6 Å². The molecule has 0 aromatic carbocycles. The van der Waals surface area contributed by atoms with E-state index in [4.69, 9.17) is 10.0 Å². The molecule has 0 rings (SSSR count). The van der Waals surface area contributed by atoms with Gasteiger partial charge in [-0.05, 0) is 0 Å². The first-order chi connectivity index (χ1) is 1.73. The third-order valence-electron chi connectivity index (χ3n) is 0. The van der Waals surface area contributed by atoms with Gasteiger partial charge in [0.1, 0.15) is 0 Å². The van der Waals surface area contributed by atoms with Gasteiger partial charge in [-0.3, -0.25) is 0 Å². The van der Waals surface area contributed by atoms with Gasteiger partial charge >= 0.3 is 6.53 Å². The van der Waals surface area contributed by atoms with Crippen molar-refractivity contribution in [1.29, 1.82) is 0 Å². The summed E-state index contributed by atoms with van der Waals surface area (Å²) in [5.41, 5.74) is 0. The summed E-state index contributed by atoms with van der Waals surface area (Å²) in [5, 5.41) is 14.8. The molecule has 0 saturated carbocycles. The van der Waals surface area contributed by atoms with Gasteiger partial charge in [0.15, 0.2) is 0 Å². The molecule has 0 bridgehead atoms. The molecule has 5 heteroatoms. The Hall–Kier alpha value is 0.898. The van der Waals surface area contributed by atoms with Crippen LogP contribution in [0.1, 0.15) is 0 Å². The summed E-state index contributed by atoms with van der Waals surface area (Å²) in [5.74, 6) is 0. The van der Waals surface area contributed by atoms with Gasteiger partial charge in [0.25, 0.3) is 0 Å². The Labute approximate surface area is 48.0 Å². The van der Waals surface area contributed by atoms with E-state index in [1.54, 1.807) is 0 Å². The molecule has 0 aliphatic heterocycles. The van der Waals surface area contributed by atoms with Crippen LogP contribution in [0.2, 0.25) is 0 Å². The summed E-state index contributed by atoms with van der Waals surface area (Å²) in [6.07, 6.45) is 0. The first-order valence-electron chi connectivity index (χ1n) is 0.735. The average Bonchev–Trinajstić information content (AvgIpc) is 0.811. The summed E-state index contributed by atoms with van der Waals surface area (Å²) in [6.45, 7) is -1.69. The monoisotopic (exact) mass is 144 g/mol. The third kappa shape index (κ3) is 51.0. The zero-order valence-corrected chi connectivity index (χ0v) is 6.28. The van der Waals surface area contributed by atoms with E-state index in [1.807, 2.05) is 0 Å². The zero-order valence-electron chi connectivity index (χ0n) is 2.56. The fraction of sp³-hybridized carbons (Fsp3) is 0. The molecular weight excluding hydrogens is 144 g/mol. The summed E-state index contributed by atoms with van der Waals surface area (Å²) in [4.78, 5) is 0. The fourth-order valence-corrected chi connectivity index (χ4v) is 0. The Morgan fingerprint density at radius 2 is 1.40 bits per heavy atom. The second-order valence-electron chi connectivity index (χ2n) is 0.311. The summed E-state index contributed by atoms with van der Waals surface area (Å²) >= 11 is 4.39. The van der Waals surface area contributed by atoms with Crippen LogP contribution in [-0.2, 0) is 19.5 Å². The molecule has 0 spiro atoms. The second-order valence-corrected chi connectivity index (χ2v) is 0.701. The van der Waals surface area contributed by atoms with Crippen LogP contribution < -0.4 is 0 Å². The topological polar surface area (TPSA) is 40.5 Å². The van der Waals surface area contributed by atoms with Crippen molar-refractivity contribution < 1.29 is 29.5 Å². The molecule has 0 aliphatic carbocycles. The normalized spacial score (nSPS) is 5.40. The van der Waals surface area contributed by atoms with Crippen molar-refractivity contribution in [2.24, 2.45) is 0 Å². The SMILES string of the molecule is OB(O)Cl.[Zn]. The minimum Gasteiger partial charge on any atom is -0.414 e. The van der Waals surface area contributed by atoms with Crippen LogP contribution in [0.3, 0.4) is 0 Å². The Kier molecular flexibility index (Phi) is 9.12. The van der Waals surface area contributed by atoms with E-state index in [0.29, 0.717) is 0 Å². The predicted octanol–water partition coefficient (Wildman–Crippen LogP) is -0.808. The summed E-state index contributed by atoms with van der Waals surface area (Å²) < 4.78 is 0. The molecule has 5 heavy (non-hydrogen) atoms. The molecule has 0 saturated heterocycles. The minimum absolute atomic E-state index is 0. The van der Waals surface area contributed by atoms with Crippen LogP contribution in [0.25, 0.3) is 0 Å². The molecule has 2 N–H and O–H groups in total. The molecule has 2 nitrogen and oxygen atoms in total. The first-order valence-corrected chi connectivity index (χ1v) is 1.17. The maximum atomic E-state index is 7.38. The average molecular weight is 146 g/mol. The molecule has 0 fully saturated rings. The van der Waals surface area contributed by atoms with E-state index in [2.05, 4.69) is 11.5 Å². The predicted molar refractivity (Wildman–Crippen MR) is 16.0 cm³/mol. The van der Waals surface area contributed by atoms with Crippen molar-refractivity contribution in [2.45, 2.75) is 0 Å². The zero-order chi connectivity index (χ0) is 3.58. The smallest absolute Gasteiger partial charge is 0.414 e. The van der Waals surface area contributed by atoms with Crippen LogP contribution in [0.15, 0.2) is 0 Å². The molecule has 0 heterocycles. The Morgan fingerprint density at radius 1 is 1.40 bits per heavy atom. The maximum Gasteiger partial charge on any atom is 0.566 e.